The Labute approximate surface area is 156 Å². The number of aliphatic imine (C=N–C) groups is 1. The second-order valence-corrected chi connectivity index (χ2v) is 6.61. The van der Waals surface area contributed by atoms with Crippen molar-refractivity contribution in [3.8, 4) is 5.88 Å². The zero-order valence-corrected chi connectivity index (χ0v) is 16.0. The lowest BCUT2D eigenvalue weighted by molar-refractivity contribution is 0.0195. The third-order valence-electron chi connectivity index (χ3n) is 4.89. The van der Waals surface area contributed by atoms with E-state index in [2.05, 4.69) is 27.0 Å². The van der Waals surface area contributed by atoms with Gasteiger partial charge >= 0.3 is 0 Å². The molecule has 144 valence electrons. The zero-order chi connectivity index (χ0) is 18.2. The van der Waals surface area contributed by atoms with Crippen LogP contribution in [0.15, 0.2) is 23.3 Å². The number of morpholine rings is 1. The van der Waals surface area contributed by atoms with E-state index in [1.54, 1.807) is 6.20 Å². The normalized spacial score (nSPS) is 21.8. The summed E-state index contributed by atoms with van der Waals surface area (Å²) in [5.74, 6) is 1.66. The van der Waals surface area contributed by atoms with Crippen LogP contribution in [0.1, 0.15) is 25.8 Å². The minimum Gasteiger partial charge on any atom is -0.478 e. The number of aromatic nitrogens is 1. The molecule has 0 amide bonds. The van der Waals surface area contributed by atoms with Gasteiger partial charge in [0, 0.05) is 50.5 Å². The van der Waals surface area contributed by atoms with Crippen molar-refractivity contribution in [2.24, 2.45) is 4.99 Å². The number of hydrogen-bond acceptors (Lipinski definition) is 5. The average Bonchev–Trinajstić information content (AvgIpc) is 3.17. The molecule has 0 aromatic carbocycles. The van der Waals surface area contributed by atoms with Gasteiger partial charge in [-0.05, 0) is 26.3 Å². The summed E-state index contributed by atoms with van der Waals surface area (Å²) in [7, 11) is 0. The third-order valence-corrected chi connectivity index (χ3v) is 4.89. The topological polar surface area (TPSA) is 62.2 Å². The van der Waals surface area contributed by atoms with Crippen LogP contribution in [-0.2, 0) is 11.3 Å². The molecule has 3 rings (SSSR count). The molecule has 1 aromatic rings. The Hall–Kier alpha value is -1.86. The summed E-state index contributed by atoms with van der Waals surface area (Å²) in [4.78, 5) is 14.1. The summed E-state index contributed by atoms with van der Waals surface area (Å²) in [5.41, 5.74) is 1.02. The first-order chi connectivity index (χ1) is 12.8. The maximum Gasteiger partial charge on any atom is 0.218 e. The van der Waals surface area contributed by atoms with E-state index in [0.717, 1.165) is 57.5 Å². The minimum atomic E-state index is 0.574. The molecule has 2 aliphatic heterocycles. The highest BCUT2D eigenvalue weighted by Gasteiger charge is 2.30. The van der Waals surface area contributed by atoms with Crippen LogP contribution < -0.4 is 10.1 Å². The van der Waals surface area contributed by atoms with Gasteiger partial charge in [0.25, 0.3) is 0 Å². The molecule has 1 N–H and O–H groups in total. The van der Waals surface area contributed by atoms with Crippen LogP contribution in [0.3, 0.4) is 0 Å². The molecule has 7 nitrogen and oxygen atoms in total. The SMILES string of the molecule is CCNC(=NCc1cccnc1OCC)N1CCC(N2CCOCC2)C1. The zero-order valence-electron chi connectivity index (χ0n) is 16.0. The predicted molar refractivity (Wildman–Crippen MR) is 103 cm³/mol. The maximum atomic E-state index is 5.62. The molecule has 1 atom stereocenters. The summed E-state index contributed by atoms with van der Waals surface area (Å²) in [5, 5.41) is 3.44. The Morgan fingerprint density at radius 3 is 2.96 bits per heavy atom. The summed E-state index contributed by atoms with van der Waals surface area (Å²) in [6.07, 6.45) is 2.94. The van der Waals surface area contributed by atoms with Gasteiger partial charge < -0.3 is 19.7 Å². The quantitative estimate of drug-likeness (QED) is 0.610. The van der Waals surface area contributed by atoms with Gasteiger partial charge in [-0.25, -0.2) is 9.98 Å². The number of likely N-dealkylation sites (tertiary alicyclic amines) is 1. The number of hydrogen-bond donors (Lipinski definition) is 1. The van der Waals surface area contributed by atoms with Crippen LogP contribution in [0.4, 0.5) is 0 Å². The van der Waals surface area contributed by atoms with Gasteiger partial charge in [-0.3, -0.25) is 4.90 Å². The molecular formula is C19H31N5O2. The second-order valence-electron chi connectivity index (χ2n) is 6.61. The van der Waals surface area contributed by atoms with Crippen molar-refractivity contribution in [2.45, 2.75) is 32.9 Å². The first kappa shape index (κ1) is 18.9. The lowest BCUT2D eigenvalue weighted by atomic mass is 10.2. The summed E-state index contributed by atoms with van der Waals surface area (Å²) < 4.78 is 11.1. The largest absolute Gasteiger partial charge is 0.478 e. The standard InChI is InChI=1S/C19H31N5O2/c1-3-20-19(22-14-16-6-5-8-21-18(16)26-4-2)24-9-7-17(15-24)23-10-12-25-13-11-23/h5-6,8,17H,3-4,7,9-15H2,1-2H3,(H,20,22). The van der Waals surface area contributed by atoms with Gasteiger partial charge in [-0.2, -0.15) is 0 Å². The van der Waals surface area contributed by atoms with Gasteiger partial charge in [-0.1, -0.05) is 6.07 Å². The fraction of sp³-hybridized carbons (Fsp3) is 0.684. The van der Waals surface area contributed by atoms with Crippen LogP contribution in [0.5, 0.6) is 5.88 Å². The predicted octanol–water partition coefficient (Wildman–Crippen LogP) is 1.35. The molecule has 0 spiro atoms. The average molecular weight is 361 g/mol. The number of guanidine groups is 1. The molecule has 0 saturated carbocycles. The number of nitrogens with one attached hydrogen (secondary N) is 1. The molecule has 2 fully saturated rings. The Balaban J connectivity index is 1.64. The first-order valence-electron chi connectivity index (χ1n) is 9.73. The van der Waals surface area contributed by atoms with E-state index in [0.29, 0.717) is 25.1 Å². The molecule has 7 heteroatoms. The Bertz CT molecular complexity index is 589. The van der Waals surface area contributed by atoms with Crippen LogP contribution in [0.2, 0.25) is 0 Å². The fourth-order valence-corrected chi connectivity index (χ4v) is 3.57. The van der Waals surface area contributed by atoms with E-state index in [1.807, 2.05) is 19.1 Å². The molecule has 2 aliphatic rings. The summed E-state index contributed by atoms with van der Waals surface area (Å²) in [6.45, 7) is 12.0. The highest BCUT2D eigenvalue weighted by Crippen LogP contribution is 2.19. The maximum absolute atomic E-state index is 5.62. The molecule has 0 radical (unpaired) electrons. The fourth-order valence-electron chi connectivity index (χ4n) is 3.57. The Kier molecular flexibility index (Phi) is 7.08. The number of ether oxygens (including phenoxy) is 2. The van der Waals surface area contributed by atoms with Crippen LogP contribution >= 0.6 is 0 Å². The van der Waals surface area contributed by atoms with Gasteiger partial charge in [-0.15, -0.1) is 0 Å². The van der Waals surface area contributed by atoms with Crippen molar-refractivity contribution >= 4 is 5.96 Å². The van der Waals surface area contributed by atoms with Crippen molar-refractivity contribution in [2.75, 3.05) is 52.5 Å². The van der Waals surface area contributed by atoms with Crippen LogP contribution in [0, 0.1) is 0 Å². The highest BCUT2D eigenvalue weighted by molar-refractivity contribution is 5.80. The van der Waals surface area contributed by atoms with Crippen molar-refractivity contribution in [1.82, 2.24) is 20.1 Å². The van der Waals surface area contributed by atoms with E-state index < -0.39 is 0 Å². The first-order valence-corrected chi connectivity index (χ1v) is 9.73. The molecule has 0 bridgehead atoms. The van der Waals surface area contributed by atoms with Gasteiger partial charge in [0.2, 0.25) is 5.88 Å². The number of rotatable bonds is 6. The van der Waals surface area contributed by atoms with E-state index >= 15 is 0 Å². The third kappa shape index (κ3) is 4.86. The van der Waals surface area contributed by atoms with Gasteiger partial charge in [0.05, 0.1) is 26.4 Å². The van der Waals surface area contributed by atoms with E-state index in [-0.39, 0.29) is 0 Å². The molecule has 1 aromatic heterocycles. The molecule has 26 heavy (non-hydrogen) atoms. The van der Waals surface area contributed by atoms with Gasteiger partial charge in [0.15, 0.2) is 5.96 Å². The van der Waals surface area contributed by atoms with Crippen LogP contribution in [-0.4, -0.2) is 79.3 Å². The molecule has 0 aliphatic carbocycles. The highest BCUT2D eigenvalue weighted by atomic mass is 16.5. The van der Waals surface area contributed by atoms with E-state index in [4.69, 9.17) is 14.5 Å². The number of nitrogens with zero attached hydrogens (tertiary/aromatic N) is 4. The minimum absolute atomic E-state index is 0.574. The lowest BCUT2D eigenvalue weighted by Crippen LogP contribution is -2.46. The van der Waals surface area contributed by atoms with E-state index in [1.165, 1.54) is 6.42 Å². The van der Waals surface area contributed by atoms with Crippen molar-refractivity contribution in [1.29, 1.82) is 0 Å². The molecular weight excluding hydrogens is 330 g/mol. The molecule has 2 saturated heterocycles. The monoisotopic (exact) mass is 361 g/mol. The second kappa shape index (κ2) is 9.73. The molecule has 1 unspecified atom stereocenters. The smallest absolute Gasteiger partial charge is 0.218 e. The van der Waals surface area contributed by atoms with Gasteiger partial charge in [0.1, 0.15) is 0 Å². The van der Waals surface area contributed by atoms with Crippen molar-refractivity contribution in [3.05, 3.63) is 23.9 Å². The van der Waals surface area contributed by atoms with Crippen molar-refractivity contribution < 1.29 is 9.47 Å². The van der Waals surface area contributed by atoms with Crippen molar-refractivity contribution in [3.63, 3.8) is 0 Å². The Morgan fingerprint density at radius 2 is 2.19 bits per heavy atom. The summed E-state index contributed by atoms with van der Waals surface area (Å²) in [6, 6.07) is 4.57. The number of pyridine rings is 1. The van der Waals surface area contributed by atoms with E-state index in [9.17, 15) is 0 Å². The lowest BCUT2D eigenvalue weighted by Gasteiger charge is -2.32. The van der Waals surface area contributed by atoms with Crippen LogP contribution in [0.25, 0.3) is 0 Å². The summed E-state index contributed by atoms with van der Waals surface area (Å²) >= 11 is 0. The molecule has 3 heterocycles. The Morgan fingerprint density at radius 1 is 1.35 bits per heavy atom.